The SMILES string of the molecule is COC(=O)c1cc(-c2cc(C)c(OC)cc2C)[nH]c1N. The Labute approximate surface area is 117 Å². The number of carbonyl (C=O) groups excluding carboxylic acids is 1. The Morgan fingerprint density at radius 3 is 2.45 bits per heavy atom. The Morgan fingerprint density at radius 1 is 1.15 bits per heavy atom. The molecule has 0 aliphatic heterocycles. The molecule has 1 aromatic heterocycles. The minimum Gasteiger partial charge on any atom is -0.496 e. The highest BCUT2D eigenvalue weighted by atomic mass is 16.5. The normalized spacial score (nSPS) is 10.4. The van der Waals surface area contributed by atoms with Crippen LogP contribution in [0.3, 0.4) is 0 Å². The second kappa shape index (κ2) is 5.28. The lowest BCUT2D eigenvalue weighted by Gasteiger charge is -2.10. The van der Waals surface area contributed by atoms with E-state index in [9.17, 15) is 4.79 Å². The van der Waals surface area contributed by atoms with E-state index >= 15 is 0 Å². The van der Waals surface area contributed by atoms with E-state index in [4.69, 9.17) is 15.2 Å². The van der Waals surface area contributed by atoms with Gasteiger partial charge in [0.05, 0.1) is 14.2 Å². The van der Waals surface area contributed by atoms with Crippen molar-refractivity contribution in [2.75, 3.05) is 20.0 Å². The summed E-state index contributed by atoms with van der Waals surface area (Å²) in [7, 11) is 2.97. The molecule has 0 fully saturated rings. The predicted molar refractivity (Wildman–Crippen MR) is 78.0 cm³/mol. The van der Waals surface area contributed by atoms with Crippen molar-refractivity contribution in [1.29, 1.82) is 0 Å². The lowest BCUT2D eigenvalue weighted by Crippen LogP contribution is -2.02. The molecule has 20 heavy (non-hydrogen) atoms. The van der Waals surface area contributed by atoms with Crippen LogP contribution >= 0.6 is 0 Å². The zero-order chi connectivity index (χ0) is 14.9. The van der Waals surface area contributed by atoms with Crippen LogP contribution in [0.2, 0.25) is 0 Å². The zero-order valence-electron chi connectivity index (χ0n) is 12.0. The Bertz CT molecular complexity index is 659. The summed E-state index contributed by atoms with van der Waals surface area (Å²) in [5, 5.41) is 0. The number of methoxy groups -OCH3 is 2. The van der Waals surface area contributed by atoms with Crippen LogP contribution in [0.4, 0.5) is 5.82 Å². The zero-order valence-corrected chi connectivity index (χ0v) is 12.0. The van der Waals surface area contributed by atoms with E-state index in [0.29, 0.717) is 11.4 Å². The van der Waals surface area contributed by atoms with Gasteiger partial charge in [-0.1, -0.05) is 0 Å². The van der Waals surface area contributed by atoms with Crippen LogP contribution < -0.4 is 10.5 Å². The number of aromatic nitrogens is 1. The molecule has 3 N–H and O–H groups in total. The first-order chi connectivity index (χ1) is 9.47. The molecular weight excluding hydrogens is 256 g/mol. The lowest BCUT2D eigenvalue weighted by molar-refractivity contribution is 0.0602. The maximum absolute atomic E-state index is 11.6. The fraction of sp³-hybridized carbons (Fsp3) is 0.267. The third-order valence-electron chi connectivity index (χ3n) is 3.29. The molecule has 2 rings (SSSR count). The average Bonchev–Trinajstić information content (AvgIpc) is 2.81. The minimum absolute atomic E-state index is 0.305. The van der Waals surface area contributed by atoms with Crippen molar-refractivity contribution in [1.82, 2.24) is 4.98 Å². The van der Waals surface area contributed by atoms with Gasteiger partial charge in [0.1, 0.15) is 17.1 Å². The number of aryl methyl sites for hydroxylation is 2. The maximum Gasteiger partial charge on any atom is 0.341 e. The van der Waals surface area contributed by atoms with Crippen LogP contribution in [0.25, 0.3) is 11.3 Å². The van der Waals surface area contributed by atoms with Crippen molar-refractivity contribution >= 4 is 11.8 Å². The van der Waals surface area contributed by atoms with Crippen molar-refractivity contribution in [3.05, 3.63) is 34.9 Å². The number of nitrogens with one attached hydrogen (secondary N) is 1. The summed E-state index contributed by atoms with van der Waals surface area (Å²) in [5.41, 5.74) is 9.97. The van der Waals surface area contributed by atoms with Gasteiger partial charge in [-0.05, 0) is 43.2 Å². The van der Waals surface area contributed by atoms with Gasteiger partial charge in [-0.2, -0.15) is 0 Å². The number of anilines is 1. The maximum atomic E-state index is 11.6. The van der Waals surface area contributed by atoms with Gasteiger partial charge in [0.15, 0.2) is 0 Å². The molecule has 0 spiro atoms. The van der Waals surface area contributed by atoms with Gasteiger partial charge in [-0.3, -0.25) is 0 Å². The Hall–Kier alpha value is -2.43. The quantitative estimate of drug-likeness (QED) is 0.843. The van der Waals surface area contributed by atoms with Gasteiger partial charge in [0, 0.05) is 11.3 Å². The molecule has 106 valence electrons. The number of nitrogen functional groups attached to an aromatic ring is 1. The molecule has 2 aromatic rings. The number of nitrogens with two attached hydrogens (primary N) is 1. The van der Waals surface area contributed by atoms with E-state index in [-0.39, 0.29) is 0 Å². The van der Waals surface area contributed by atoms with E-state index in [0.717, 1.165) is 28.1 Å². The van der Waals surface area contributed by atoms with Crippen molar-refractivity contribution in [2.45, 2.75) is 13.8 Å². The van der Waals surface area contributed by atoms with Crippen LogP contribution in [-0.2, 0) is 4.74 Å². The third kappa shape index (κ3) is 2.34. The van der Waals surface area contributed by atoms with Crippen LogP contribution in [-0.4, -0.2) is 25.2 Å². The van der Waals surface area contributed by atoms with Crippen molar-refractivity contribution in [3.63, 3.8) is 0 Å². The highest BCUT2D eigenvalue weighted by molar-refractivity contribution is 5.96. The van der Waals surface area contributed by atoms with Crippen LogP contribution in [0, 0.1) is 13.8 Å². The second-order valence-corrected chi connectivity index (χ2v) is 4.64. The first-order valence-corrected chi connectivity index (χ1v) is 6.20. The summed E-state index contributed by atoms with van der Waals surface area (Å²) in [6, 6.07) is 5.66. The van der Waals surface area contributed by atoms with Crippen LogP contribution in [0.5, 0.6) is 5.75 Å². The molecule has 0 radical (unpaired) electrons. The summed E-state index contributed by atoms with van der Waals surface area (Å²) in [6.07, 6.45) is 0. The summed E-state index contributed by atoms with van der Waals surface area (Å²) < 4.78 is 9.99. The monoisotopic (exact) mass is 274 g/mol. The number of H-pyrrole nitrogens is 1. The van der Waals surface area contributed by atoms with E-state index in [1.165, 1.54) is 7.11 Å². The largest absolute Gasteiger partial charge is 0.496 e. The number of ether oxygens (including phenoxy) is 2. The molecular formula is C15H18N2O3. The predicted octanol–water partition coefficient (Wildman–Crippen LogP) is 2.68. The summed E-state index contributed by atoms with van der Waals surface area (Å²) in [6.45, 7) is 3.95. The number of aromatic amines is 1. The molecule has 0 saturated heterocycles. The average molecular weight is 274 g/mol. The van der Waals surface area contributed by atoms with E-state index in [1.54, 1.807) is 13.2 Å². The second-order valence-electron chi connectivity index (χ2n) is 4.64. The summed E-state index contributed by atoms with van der Waals surface area (Å²) >= 11 is 0. The molecule has 0 amide bonds. The van der Waals surface area contributed by atoms with Crippen molar-refractivity contribution < 1.29 is 14.3 Å². The van der Waals surface area contributed by atoms with E-state index in [2.05, 4.69) is 4.98 Å². The molecule has 0 aliphatic carbocycles. The number of rotatable bonds is 3. The van der Waals surface area contributed by atoms with Gasteiger partial charge >= 0.3 is 5.97 Å². The molecule has 5 heteroatoms. The fourth-order valence-electron chi connectivity index (χ4n) is 2.19. The van der Waals surface area contributed by atoms with Crippen molar-refractivity contribution in [3.8, 4) is 17.0 Å². The molecule has 5 nitrogen and oxygen atoms in total. The van der Waals surface area contributed by atoms with Gasteiger partial charge in [0.25, 0.3) is 0 Å². The number of hydrogen-bond acceptors (Lipinski definition) is 4. The molecule has 0 saturated carbocycles. The Balaban J connectivity index is 2.52. The Kier molecular flexibility index (Phi) is 3.70. The van der Waals surface area contributed by atoms with Crippen LogP contribution in [0.15, 0.2) is 18.2 Å². The molecule has 0 aliphatic rings. The number of hydrogen-bond donors (Lipinski definition) is 2. The molecule has 1 heterocycles. The van der Waals surface area contributed by atoms with E-state index < -0.39 is 5.97 Å². The van der Waals surface area contributed by atoms with Gasteiger partial charge in [-0.15, -0.1) is 0 Å². The van der Waals surface area contributed by atoms with Gasteiger partial charge in [0.2, 0.25) is 0 Å². The number of carbonyl (C=O) groups is 1. The topological polar surface area (TPSA) is 77.3 Å². The highest BCUT2D eigenvalue weighted by Crippen LogP contribution is 2.31. The summed E-state index contributed by atoms with van der Waals surface area (Å²) in [5.74, 6) is 0.687. The first-order valence-electron chi connectivity index (χ1n) is 6.20. The number of esters is 1. The molecule has 0 bridgehead atoms. The fourth-order valence-corrected chi connectivity index (χ4v) is 2.19. The first kappa shape index (κ1) is 14.0. The lowest BCUT2D eigenvalue weighted by atomic mass is 10.0. The summed E-state index contributed by atoms with van der Waals surface area (Å²) in [4.78, 5) is 14.6. The van der Waals surface area contributed by atoms with Crippen LogP contribution in [0.1, 0.15) is 21.5 Å². The Morgan fingerprint density at radius 2 is 1.85 bits per heavy atom. The highest BCUT2D eigenvalue weighted by Gasteiger charge is 2.16. The standard InChI is InChI=1S/C15H18N2O3/c1-8-6-13(19-3)9(2)5-10(8)12-7-11(14(16)17-12)15(18)20-4/h5-7,17H,16H2,1-4H3. The number of benzene rings is 1. The molecule has 0 atom stereocenters. The van der Waals surface area contributed by atoms with Gasteiger partial charge in [-0.25, -0.2) is 4.79 Å². The van der Waals surface area contributed by atoms with Crippen molar-refractivity contribution in [2.24, 2.45) is 0 Å². The minimum atomic E-state index is -0.451. The molecule has 0 unspecified atom stereocenters. The van der Waals surface area contributed by atoms with Gasteiger partial charge < -0.3 is 20.2 Å². The van der Waals surface area contributed by atoms with E-state index in [1.807, 2.05) is 26.0 Å². The third-order valence-corrected chi connectivity index (χ3v) is 3.29. The molecule has 1 aromatic carbocycles. The smallest absolute Gasteiger partial charge is 0.341 e.